The van der Waals surface area contributed by atoms with Gasteiger partial charge in [-0.2, -0.15) is 0 Å². The number of nitrogens with one attached hydrogen (secondary N) is 2. The highest BCUT2D eigenvalue weighted by molar-refractivity contribution is 9.10. The van der Waals surface area contributed by atoms with Crippen LogP contribution >= 0.6 is 15.9 Å². The summed E-state index contributed by atoms with van der Waals surface area (Å²) in [7, 11) is 0. The minimum absolute atomic E-state index is 0.0690. The van der Waals surface area contributed by atoms with Crippen LogP contribution in [0.5, 0.6) is 0 Å². The molecule has 1 aromatic rings. The number of hydrogen-bond acceptors (Lipinski definition) is 3. The third-order valence-electron chi connectivity index (χ3n) is 3.16. The predicted molar refractivity (Wildman–Crippen MR) is 94.0 cm³/mol. The molecule has 5 heteroatoms. The number of rotatable bonds is 6. The van der Waals surface area contributed by atoms with Crippen LogP contribution in [0.15, 0.2) is 28.7 Å². The molecule has 2 atom stereocenters. The summed E-state index contributed by atoms with van der Waals surface area (Å²) in [4.78, 5) is 11.7. The lowest BCUT2D eigenvalue weighted by Gasteiger charge is -2.22. The zero-order chi connectivity index (χ0) is 16.8. The second-order valence-corrected chi connectivity index (χ2v) is 7.48. The molecule has 2 unspecified atom stereocenters. The largest absolute Gasteiger partial charge is 0.444 e. The molecule has 124 valence electrons. The van der Waals surface area contributed by atoms with E-state index in [0.717, 1.165) is 17.4 Å². The van der Waals surface area contributed by atoms with E-state index in [1.807, 2.05) is 39.8 Å². The Balaban J connectivity index is 2.28. The molecular formula is C17H27BrN2O2. The highest BCUT2D eigenvalue weighted by atomic mass is 79.9. The van der Waals surface area contributed by atoms with Crippen LogP contribution in [0.3, 0.4) is 0 Å². The van der Waals surface area contributed by atoms with Gasteiger partial charge in [-0.3, -0.25) is 0 Å². The molecule has 0 fully saturated rings. The van der Waals surface area contributed by atoms with E-state index in [9.17, 15) is 4.79 Å². The molecule has 2 N–H and O–H groups in total. The Kier molecular flexibility index (Phi) is 7.36. The number of carbonyl (C=O) groups excluding carboxylic acids is 1. The lowest BCUT2D eigenvalue weighted by molar-refractivity contribution is 0.0506. The smallest absolute Gasteiger partial charge is 0.407 e. The number of carbonyl (C=O) groups is 1. The van der Waals surface area contributed by atoms with E-state index in [2.05, 4.69) is 45.6 Å². The molecule has 0 radical (unpaired) electrons. The standard InChI is InChI=1S/C17H27BrN2O2/c1-12(20-16(21)22-17(3,4)5)10-11-19-13(2)14-6-8-15(18)9-7-14/h6-9,12-13,19H,10-11H2,1-5H3,(H,20,21). The minimum Gasteiger partial charge on any atom is -0.444 e. The molecule has 0 saturated heterocycles. The van der Waals surface area contributed by atoms with Crippen LogP contribution in [0, 0.1) is 0 Å². The average molecular weight is 371 g/mol. The molecule has 0 spiro atoms. The van der Waals surface area contributed by atoms with Crippen molar-refractivity contribution in [3.8, 4) is 0 Å². The molecule has 1 amide bonds. The molecule has 1 rings (SSSR count). The van der Waals surface area contributed by atoms with Gasteiger partial charge in [0.05, 0.1) is 0 Å². The summed E-state index contributed by atoms with van der Waals surface area (Å²) in [5.74, 6) is 0. The summed E-state index contributed by atoms with van der Waals surface area (Å²) < 4.78 is 6.32. The summed E-state index contributed by atoms with van der Waals surface area (Å²) in [5.41, 5.74) is 0.786. The van der Waals surface area contributed by atoms with Gasteiger partial charge in [-0.1, -0.05) is 28.1 Å². The molecular weight excluding hydrogens is 344 g/mol. The Morgan fingerprint density at radius 1 is 1.23 bits per heavy atom. The van der Waals surface area contributed by atoms with Crippen molar-refractivity contribution in [2.75, 3.05) is 6.54 Å². The molecule has 0 bridgehead atoms. The highest BCUT2D eigenvalue weighted by Gasteiger charge is 2.17. The lowest BCUT2D eigenvalue weighted by Crippen LogP contribution is -2.39. The summed E-state index contributed by atoms with van der Waals surface area (Å²) in [6.45, 7) is 10.5. The first-order valence-electron chi connectivity index (χ1n) is 7.66. The second kappa shape index (κ2) is 8.53. The molecule has 0 saturated carbocycles. The van der Waals surface area contributed by atoms with E-state index in [0.29, 0.717) is 0 Å². The fraction of sp³-hybridized carbons (Fsp3) is 0.588. The van der Waals surface area contributed by atoms with Crippen LogP contribution in [0.4, 0.5) is 4.79 Å². The van der Waals surface area contributed by atoms with Crippen LogP contribution < -0.4 is 10.6 Å². The van der Waals surface area contributed by atoms with E-state index in [4.69, 9.17) is 4.74 Å². The van der Waals surface area contributed by atoms with Crippen molar-refractivity contribution in [2.45, 2.75) is 58.7 Å². The number of amides is 1. The van der Waals surface area contributed by atoms with Crippen molar-refractivity contribution in [1.82, 2.24) is 10.6 Å². The maximum atomic E-state index is 11.7. The summed E-state index contributed by atoms with van der Waals surface area (Å²) in [5, 5.41) is 6.31. The maximum absolute atomic E-state index is 11.7. The normalized spacial score (nSPS) is 14.3. The highest BCUT2D eigenvalue weighted by Crippen LogP contribution is 2.16. The van der Waals surface area contributed by atoms with Crippen molar-refractivity contribution >= 4 is 22.0 Å². The number of benzene rings is 1. The molecule has 0 aliphatic carbocycles. The fourth-order valence-corrected chi connectivity index (χ4v) is 2.23. The first-order chi connectivity index (χ1) is 10.2. The Labute approximate surface area is 142 Å². The number of halogens is 1. The molecule has 4 nitrogen and oxygen atoms in total. The van der Waals surface area contributed by atoms with E-state index in [-0.39, 0.29) is 18.2 Å². The van der Waals surface area contributed by atoms with E-state index < -0.39 is 5.60 Å². The van der Waals surface area contributed by atoms with Crippen molar-refractivity contribution in [2.24, 2.45) is 0 Å². The van der Waals surface area contributed by atoms with Crippen molar-refractivity contribution in [1.29, 1.82) is 0 Å². The molecule has 0 heterocycles. The van der Waals surface area contributed by atoms with Gasteiger partial charge in [-0.25, -0.2) is 4.79 Å². The number of alkyl carbamates (subject to hydrolysis) is 1. The lowest BCUT2D eigenvalue weighted by atomic mass is 10.1. The summed E-state index contributed by atoms with van der Waals surface area (Å²) in [6.07, 6.45) is 0.487. The Bertz CT molecular complexity index is 469. The number of ether oxygens (including phenoxy) is 1. The Morgan fingerprint density at radius 3 is 2.36 bits per heavy atom. The van der Waals surface area contributed by atoms with Crippen LogP contribution in [0.1, 0.15) is 52.6 Å². The zero-order valence-electron chi connectivity index (χ0n) is 14.1. The van der Waals surface area contributed by atoms with Gasteiger partial charge in [-0.05, 0) is 65.3 Å². The van der Waals surface area contributed by atoms with Crippen LogP contribution in [-0.2, 0) is 4.74 Å². The topological polar surface area (TPSA) is 50.4 Å². The van der Waals surface area contributed by atoms with Gasteiger partial charge in [0, 0.05) is 16.6 Å². The van der Waals surface area contributed by atoms with Gasteiger partial charge in [-0.15, -0.1) is 0 Å². The zero-order valence-corrected chi connectivity index (χ0v) is 15.7. The van der Waals surface area contributed by atoms with E-state index >= 15 is 0 Å². The summed E-state index contributed by atoms with van der Waals surface area (Å²) in [6, 6.07) is 8.63. The van der Waals surface area contributed by atoms with Gasteiger partial charge >= 0.3 is 6.09 Å². The van der Waals surface area contributed by atoms with Crippen LogP contribution in [-0.4, -0.2) is 24.3 Å². The van der Waals surface area contributed by atoms with Crippen molar-refractivity contribution < 1.29 is 9.53 Å². The predicted octanol–water partition coefficient (Wildman–Crippen LogP) is 4.40. The van der Waals surface area contributed by atoms with Crippen molar-refractivity contribution in [3.63, 3.8) is 0 Å². The molecule has 1 aromatic carbocycles. The van der Waals surface area contributed by atoms with Gasteiger partial charge in [0.25, 0.3) is 0 Å². The van der Waals surface area contributed by atoms with Crippen LogP contribution in [0.25, 0.3) is 0 Å². The monoisotopic (exact) mass is 370 g/mol. The second-order valence-electron chi connectivity index (χ2n) is 6.56. The van der Waals surface area contributed by atoms with Gasteiger partial charge in [0.15, 0.2) is 0 Å². The maximum Gasteiger partial charge on any atom is 0.407 e. The molecule has 0 aliphatic heterocycles. The first kappa shape index (κ1) is 19.0. The summed E-state index contributed by atoms with van der Waals surface area (Å²) >= 11 is 3.44. The molecule has 22 heavy (non-hydrogen) atoms. The van der Waals surface area contributed by atoms with Crippen molar-refractivity contribution in [3.05, 3.63) is 34.3 Å². The van der Waals surface area contributed by atoms with Crippen LogP contribution in [0.2, 0.25) is 0 Å². The van der Waals surface area contributed by atoms with Gasteiger partial charge in [0.2, 0.25) is 0 Å². The molecule has 0 aromatic heterocycles. The minimum atomic E-state index is -0.460. The number of hydrogen-bond donors (Lipinski definition) is 2. The SMILES string of the molecule is CC(CCNC(C)c1ccc(Br)cc1)NC(=O)OC(C)(C)C. The Morgan fingerprint density at radius 2 is 1.82 bits per heavy atom. The van der Waals surface area contributed by atoms with E-state index in [1.54, 1.807) is 0 Å². The third-order valence-corrected chi connectivity index (χ3v) is 3.69. The van der Waals surface area contributed by atoms with Gasteiger partial charge < -0.3 is 15.4 Å². The molecule has 0 aliphatic rings. The van der Waals surface area contributed by atoms with E-state index in [1.165, 1.54) is 5.56 Å². The van der Waals surface area contributed by atoms with Gasteiger partial charge in [0.1, 0.15) is 5.60 Å². The Hall–Kier alpha value is -1.07. The third kappa shape index (κ3) is 7.80. The average Bonchev–Trinajstić information content (AvgIpc) is 2.36. The quantitative estimate of drug-likeness (QED) is 0.779. The first-order valence-corrected chi connectivity index (χ1v) is 8.45. The fourth-order valence-electron chi connectivity index (χ4n) is 1.97.